The normalized spacial score (nSPS) is 11.3. The predicted octanol–water partition coefficient (Wildman–Crippen LogP) is 1.90. The fourth-order valence-corrected chi connectivity index (χ4v) is 1.69. The van der Waals surface area contributed by atoms with Crippen molar-refractivity contribution in [2.24, 2.45) is 0 Å². The Kier molecular flexibility index (Phi) is 5.31. The molecule has 1 amide bonds. The Balaban J connectivity index is 2.69. The van der Waals surface area contributed by atoms with Crippen molar-refractivity contribution in [1.29, 1.82) is 0 Å². The summed E-state index contributed by atoms with van der Waals surface area (Å²) >= 11 is 0. The first-order chi connectivity index (χ1) is 8.44. The number of hydrogen-bond acceptors (Lipinski definition) is 3. The summed E-state index contributed by atoms with van der Waals surface area (Å²) in [5, 5.41) is 15.2. The van der Waals surface area contributed by atoms with Crippen LogP contribution in [0.25, 0.3) is 0 Å². The highest BCUT2D eigenvalue weighted by molar-refractivity contribution is 5.89. The third-order valence-electron chi connectivity index (χ3n) is 2.82. The molecule has 1 aromatic rings. The molecule has 3 N–H and O–H groups in total. The van der Waals surface area contributed by atoms with Gasteiger partial charge in [0.05, 0.1) is 0 Å². The fourth-order valence-electron chi connectivity index (χ4n) is 1.69. The molecular weight excluding hydrogens is 228 g/mol. The minimum atomic E-state index is -0.127. The van der Waals surface area contributed by atoms with Crippen molar-refractivity contribution >= 4 is 11.6 Å². The van der Waals surface area contributed by atoms with Crippen LogP contribution >= 0.6 is 0 Å². The van der Waals surface area contributed by atoms with Crippen molar-refractivity contribution < 1.29 is 9.90 Å². The highest BCUT2D eigenvalue weighted by atomic mass is 16.3. The molecule has 0 aliphatic carbocycles. The summed E-state index contributed by atoms with van der Waals surface area (Å²) in [7, 11) is 0. The highest BCUT2D eigenvalue weighted by Crippen LogP contribution is 2.17. The molecule has 0 atom stereocenters. The summed E-state index contributed by atoms with van der Waals surface area (Å²) in [6.45, 7) is 6.41. The molecule has 0 bridgehead atoms. The van der Waals surface area contributed by atoms with Gasteiger partial charge < -0.3 is 15.7 Å². The van der Waals surface area contributed by atoms with Crippen LogP contribution in [0.3, 0.4) is 0 Å². The number of aliphatic hydroxyl groups excluding tert-OH is 1. The van der Waals surface area contributed by atoms with Gasteiger partial charge >= 0.3 is 0 Å². The van der Waals surface area contributed by atoms with E-state index < -0.39 is 0 Å². The van der Waals surface area contributed by atoms with Gasteiger partial charge in [0.25, 0.3) is 0 Å². The van der Waals surface area contributed by atoms with Gasteiger partial charge in [0.2, 0.25) is 5.91 Å². The topological polar surface area (TPSA) is 61.4 Å². The van der Waals surface area contributed by atoms with E-state index in [0.29, 0.717) is 13.0 Å². The fraction of sp³-hybridized carbons (Fsp3) is 0.500. The molecule has 0 aromatic heterocycles. The number of hydrogen-bond donors (Lipinski definition) is 3. The van der Waals surface area contributed by atoms with Crippen LogP contribution in [-0.4, -0.2) is 23.2 Å². The van der Waals surface area contributed by atoms with Crippen LogP contribution in [-0.2, 0) is 11.3 Å². The lowest BCUT2D eigenvalue weighted by molar-refractivity contribution is -0.114. The standard InChI is InChI=1S/C14H22N2O2/c1-11(18)16-13-7-5-4-6-12(13)10-15-14(2,3)8-9-17/h4-7,15,17H,8-10H2,1-3H3,(H,16,18). The second-order valence-corrected chi connectivity index (χ2v) is 5.05. The van der Waals surface area contributed by atoms with Crippen molar-refractivity contribution in [3.8, 4) is 0 Å². The largest absolute Gasteiger partial charge is 0.396 e. The zero-order valence-electron chi connectivity index (χ0n) is 11.3. The SMILES string of the molecule is CC(=O)Nc1ccccc1CNC(C)(C)CCO. The third kappa shape index (κ3) is 4.85. The average molecular weight is 250 g/mol. The highest BCUT2D eigenvalue weighted by Gasteiger charge is 2.16. The summed E-state index contributed by atoms with van der Waals surface area (Å²) in [6, 6.07) is 7.71. The van der Waals surface area contributed by atoms with Gasteiger partial charge in [-0.25, -0.2) is 0 Å². The number of rotatable bonds is 6. The van der Waals surface area contributed by atoms with Crippen LogP contribution in [0.5, 0.6) is 0 Å². The Morgan fingerprint density at radius 1 is 1.33 bits per heavy atom. The lowest BCUT2D eigenvalue weighted by Crippen LogP contribution is -2.39. The lowest BCUT2D eigenvalue weighted by Gasteiger charge is -2.26. The van der Waals surface area contributed by atoms with Gasteiger partial charge in [-0.05, 0) is 31.9 Å². The van der Waals surface area contributed by atoms with Crippen molar-refractivity contribution in [3.63, 3.8) is 0 Å². The smallest absolute Gasteiger partial charge is 0.221 e. The van der Waals surface area contributed by atoms with Crippen molar-refractivity contribution in [1.82, 2.24) is 5.32 Å². The molecule has 0 unspecified atom stereocenters. The molecular formula is C14H22N2O2. The second-order valence-electron chi connectivity index (χ2n) is 5.05. The van der Waals surface area contributed by atoms with E-state index in [-0.39, 0.29) is 18.1 Å². The Labute approximate surface area is 108 Å². The van der Waals surface area contributed by atoms with E-state index in [2.05, 4.69) is 10.6 Å². The third-order valence-corrected chi connectivity index (χ3v) is 2.82. The first kappa shape index (κ1) is 14.7. The number of nitrogens with one attached hydrogen (secondary N) is 2. The number of aliphatic hydroxyl groups is 1. The maximum absolute atomic E-state index is 11.1. The van der Waals surface area contributed by atoms with Gasteiger partial charge in [-0.2, -0.15) is 0 Å². The molecule has 0 radical (unpaired) electrons. The van der Waals surface area contributed by atoms with Gasteiger partial charge in [-0.3, -0.25) is 4.79 Å². The number of amides is 1. The van der Waals surface area contributed by atoms with Crippen molar-refractivity contribution in [2.45, 2.75) is 39.3 Å². The summed E-state index contributed by atoms with van der Waals surface area (Å²) in [6.07, 6.45) is 0.690. The Morgan fingerprint density at radius 2 is 2.00 bits per heavy atom. The zero-order chi connectivity index (χ0) is 13.6. The number of carbonyl (C=O) groups is 1. The van der Waals surface area contributed by atoms with E-state index in [1.807, 2.05) is 38.1 Å². The molecule has 18 heavy (non-hydrogen) atoms. The summed E-state index contributed by atoms with van der Waals surface area (Å²) in [5.74, 6) is -0.0722. The minimum absolute atomic E-state index is 0.0722. The van der Waals surface area contributed by atoms with E-state index in [4.69, 9.17) is 5.11 Å². The maximum atomic E-state index is 11.1. The molecule has 4 nitrogen and oxygen atoms in total. The Morgan fingerprint density at radius 3 is 2.61 bits per heavy atom. The van der Waals surface area contributed by atoms with Crippen LogP contribution in [0.15, 0.2) is 24.3 Å². The van der Waals surface area contributed by atoms with Gasteiger partial charge in [0, 0.05) is 31.3 Å². The van der Waals surface area contributed by atoms with Crippen molar-refractivity contribution in [2.75, 3.05) is 11.9 Å². The first-order valence-corrected chi connectivity index (χ1v) is 6.16. The van der Waals surface area contributed by atoms with Gasteiger partial charge in [0.1, 0.15) is 0 Å². The maximum Gasteiger partial charge on any atom is 0.221 e. The first-order valence-electron chi connectivity index (χ1n) is 6.16. The van der Waals surface area contributed by atoms with E-state index in [9.17, 15) is 4.79 Å². The summed E-state index contributed by atoms with van der Waals surface area (Å²) < 4.78 is 0. The van der Waals surface area contributed by atoms with Crippen LogP contribution < -0.4 is 10.6 Å². The van der Waals surface area contributed by atoms with E-state index in [0.717, 1.165) is 11.3 Å². The number of para-hydroxylation sites is 1. The molecule has 100 valence electrons. The van der Waals surface area contributed by atoms with E-state index in [1.165, 1.54) is 6.92 Å². The summed E-state index contributed by atoms with van der Waals surface area (Å²) in [4.78, 5) is 11.1. The molecule has 0 saturated heterocycles. The van der Waals surface area contributed by atoms with E-state index in [1.54, 1.807) is 0 Å². The zero-order valence-corrected chi connectivity index (χ0v) is 11.3. The van der Waals surface area contributed by atoms with Crippen LogP contribution in [0.1, 0.15) is 32.8 Å². The minimum Gasteiger partial charge on any atom is -0.396 e. The number of benzene rings is 1. The molecule has 1 aromatic carbocycles. The molecule has 0 aliphatic heterocycles. The van der Waals surface area contributed by atoms with Gasteiger partial charge in [0.15, 0.2) is 0 Å². The predicted molar refractivity (Wildman–Crippen MR) is 73.4 cm³/mol. The molecule has 0 spiro atoms. The monoisotopic (exact) mass is 250 g/mol. The van der Waals surface area contributed by atoms with Gasteiger partial charge in [-0.15, -0.1) is 0 Å². The molecule has 1 rings (SSSR count). The van der Waals surface area contributed by atoms with E-state index >= 15 is 0 Å². The molecule has 0 aliphatic rings. The second kappa shape index (κ2) is 6.52. The number of carbonyl (C=O) groups excluding carboxylic acids is 1. The quantitative estimate of drug-likeness (QED) is 0.722. The van der Waals surface area contributed by atoms with Gasteiger partial charge in [-0.1, -0.05) is 18.2 Å². The number of anilines is 1. The van der Waals surface area contributed by atoms with Crippen LogP contribution in [0.2, 0.25) is 0 Å². The molecule has 0 fully saturated rings. The van der Waals surface area contributed by atoms with Crippen molar-refractivity contribution in [3.05, 3.63) is 29.8 Å². The van der Waals surface area contributed by atoms with Crippen LogP contribution in [0.4, 0.5) is 5.69 Å². The lowest BCUT2D eigenvalue weighted by atomic mass is 10.0. The molecule has 0 saturated carbocycles. The Bertz CT molecular complexity index is 403. The molecule has 0 heterocycles. The molecule has 4 heteroatoms. The average Bonchev–Trinajstić information content (AvgIpc) is 2.27. The van der Waals surface area contributed by atoms with Crippen LogP contribution in [0, 0.1) is 0 Å². The summed E-state index contributed by atoms with van der Waals surface area (Å²) in [5.41, 5.74) is 1.74. The Hall–Kier alpha value is -1.39.